The number of aromatic nitrogens is 2. The van der Waals surface area contributed by atoms with E-state index in [0.717, 1.165) is 0 Å². The Labute approximate surface area is 68.6 Å². The summed E-state index contributed by atoms with van der Waals surface area (Å²) < 4.78 is 0. The van der Waals surface area contributed by atoms with Crippen LogP contribution in [0, 0.1) is 18.3 Å². The topological polar surface area (TPSA) is 75.6 Å². The van der Waals surface area contributed by atoms with E-state index in [2.05, 4.69) is 9.97 Å². The average molecular weight is 169 g/mol. The molecule has 2 N–H and O–H groups in total. The molecule has 0 atom stereocenters. The van der Waals surface area contributed by atoms with Crippen molar-refractivity contribution < 1.29 is 0 Å². The van der Waals surface area contributed by atoms with Crippen molar-refractivity contribution in [2.24, 2.45) is 0 Å². The lowest BCUT2D eigenvalue weighted by atomic mass is 10.4. The first-order valence-corrected chi connectivity index (χ1v) is 3.22. The fourth-order valence-corrected chi connectivity index (χ4v) is 0.844. The Bertz CT molecular complexity index is 328. The molecule has 56 valence electrons. The van der Waals surface area contributed by atoms with Crippen LogP contribution < -0.4 is 5.73 Å². The third kappa shape index (κ3) is 1.38. The van der Waals surface area contributed by atoms with Gasteiger partial charge in [0, 0.05) is 0 Å². The highest BCUT2D eigenvalue weighted by molar-refractivity contribution is 6.32. The first kappa shape index (κ1) is 7.76. The third-order valence-electron chi connectivity index (χ3n) is 1.12. The minimum atomic E-state index is 0.127. The monoisotopic (exact) mass is 168 g/mol. The van der Waals surface area contributed by atoms with Gasteiger partial charge in [0.05, 0.1) is 0 Å². The molecule has 4 nitrogen and oxygen atoms in total. The van der Waals surface area contributed by atoms with Gasteiger partial charge in [-0.05, 0) is 6.92 Å². The number of hydrogen-bond donors (Lipinski definition) is 1. The summed E-state index contributed by atoms with van der Waals surface area (Å²) in [5.41, 5.74) is 5.65. The number of halogens is 1. The van der Waals surface area contributed by atoms with Gasteiger partial charge in [0.25, 0.3) is 0 Å². The van der Waals surface area contributed by atoms with Gasteiger partial charge in [-0.3, -0.25) is 0 Å². The summed E-state index contributed by atoms with van der Waals surface area (Å²) in [5.74, 6) is 0.445. The van der Waals surface area contributed by atoms with E-state index < -0.39 is 0 Å². The molecule has 0 saturated carbocycles. The van der Waals surface area contributed by atoms with Crippen LogP contribution >= 0.6 is 11.6 Å². The second kappa shape index (κ2) is 2.72. The largest absolute Gasteiger partial charge is 0.394 e. The summed E-state index contributed by atoms with van der Waals surface area (Å²) in [5, 5.41) is 8.62. The van der Waals surface area contributed by atoms with Crippen LogP contribution in [0.15, 0.2) is 0 Å². The van der Waals surface area contributed by atoms with Crippen LogP contribution in [-0.2, 0) is 0 Å². The van der Waals surface area contributed by atoms with Crippen LogP contribution in [0.4, 0.5) is 5.69 Å². The quantitative estimate of drug-likeness (QED) is 0.584. The number of rotatable bonds is 0. The van der Waals surface area contributed by atoms with Crippen molar-refractivity contribution in [1.29, 1.82) is 5.26 Å². The van der Waals surface area contributed by atoms with Crippen molar-refractivity contribution in [1.82, 2.24) is 9.97 Å². The first-order valence-electron chi connectivity index (χ1n) is 2.85. The van der Waals surface area contributed by atoms with Crippen molar-refractivity contribution in [3.05, 3.63) is 16.7 Å². The molecule has 0 spiro atoms. The SMILES string of the molecule is Cc1nc(Cl)c(N)c(C#N)n1. The van der Waals surface area contributed by atoms with Gasteiger partial charge in [0.15, 0.2) is 10.8 Å². The Kier molecular flexibility index (Phi) is 1.92. The molecule has 5 heteroatoms. The average Bonchev–Trinajstić information content (AvgIpc) is 1.96. The molecular formula is C6H5ClN4. The molecule has 0 aliphatic carbocycles. The fraction of sp³-hybridized carbons (Fsp3) is 0.167. The summed E-state index contributed by atoms with van der Waals surface area (Å²) in [4.78, 5) is 7.53. The van der Waals surface area contributed by atoms with E-state index in [-0.39, 0.29) is 16.5 Å². The molecule has 0 aromatic carbocycles. The highest BCUT2D eigenvalue weighted by Gasteiger charge is 2.06. The molecule has 1 aromatic rings. The third-order valence-corrected chi connectivity index (χ3v) is 1.40. The van der Waals surface area contributed by atoms with Crippen LogP contribution in [0.5, 0.6) is 0 Å². The van der Waals surface area contributed by atoms with Gasteiger partial charge in [-0.15, -0.1) is 0 Å². The highest BCUT2D eigenvalue weighted by Crippen LogP contribution is 2.17. The van der Waals surface area contributed by atoms with Gasteiger partial charge in [-0.25, -0.2) is 9.97 Å². The lowest BCUT2D eigenvalue weighted by molar-refractivity contribution is 1.04. The van der Waals surface area contributed by atoms with E-state index >= 15 is 0 Å². The zero-order valence-corrected chi connectivity index (χ0v) is 6.55. The molecule has 1 heterocycles. The molecule has 0 aliphatic heterocycles. The second-order valence-corrected chi connectivity index (χ2v) is 2.29. The van der Waals surface area contributed by atoms with E-state index in [0.29, 0.717) is 5.82 Å². The van der Waals surface area contributed by atoms with Crippen molar-refractivity contribution in [2.75, 3.05) is 5.73 Å². The van der Waals surface area contributed by atoms with Gasteiger partial charge in [-0.1, -0.05) is 11.6 Å². The zero-order valence-electron chi connectivity index (χ0n) is 5.80. The molecule has 0 aliphatic rings. The fourth-order valence-electron chi connectivity index (χ4n) is 0.632. The van der Waals surface area contributed by atoms with E-state index in [9.17, 15) is 0 Å². The van der Waals surface area contributed by atoms with Crippen molar-refractivity contribution in [3.63, 3.8) is 0 Å². The van der Waals surface area contributed by atoms with Crippen LogP contribution in [0.25, 0.3) is 0 Å². The van der Waals surface area contributed by atoms with Crippen molar-refractivity contribution in [3.8, 4) is 6.07 Å². The van der Waals surface area contributed by atoms with E-state index in [1.165, 1.54) is 0 Å². The number of aryl methyl sites for hydroxylation is 1. The van der Waals surface area contributed by atoms with Crippen molar-refractivity contribution >= 4 is 17.3 Å². The maximum atomic E-state index is 8.49. The van der Waals surface area contributed by atoms with Crippen LogP contribution in [-0.4, -0.2) is 9.97 Å². The van der Waals surface area contributed by atoms with Crippen LogP contribution in [0.2, 0.25) is 5.15 Å². The van der Waals surface area contributed by atoms with Gasteiger partial charge >= 0.3 is 0 Å². The summed E-state index contributed by atoms with van der Waals surface area (Å²) in [6.45, 7) is 1.64. The molecule has 0 unspecified atom stereocenters. The number of anilines is 1. The first-order chi connectivity index (χ1) is 5.15. The maximum absolute atomic E-state index is 8.49. The number of nitrogen functional groups attached to an aromatic ring is 1. The Hall–Kier alpha value is -1.34. The standard InChI is InChI=1S/C6H5ClN4/c1-3-10-4(2-8)5(9)6(7)11-3/h9H2,1H3. The Morgan fingerprint density at radius 2 is 2.18 bits per heavy atom. The van der Waals surface area contributed by atoms with Gasteiger partial charge in [0.1, 0.15) is 17.6 Å². The maximum Gasteiger partial charge on any atom is 0.168 e. The molecule has 0 bridgehead atoms. The van der Waals surface area contributed by atoms with E-state index in [4.69, 9.17) is 22.6 Å². The molecular weight excluding hydrogens is 164 g/mol. The number of nitrogens with two attached hydrogens (primary N) is 1. The molecule has 11 heavy (non-hydrogen) atoms. The lowest BCUT2D eigenvalue weighted by Gasteiger charge is -1.98. The van der Waals surface area contributed by atoms with Gasteiger partial charge < -0.3 is 5.73 Å². The summed E-state index contributed by atoms with van der Waals surface area (Å²) in [7, 11) is 0. The Morgan fingerprint density at radius 1 is 1.55 bits per heavy atom. The van der Waals surface area contributed by atoms with Crippen molar-refractivity contribution in [2.45, 2.75) is 6.92 Å². The minimum Gasteiger partial charge on any atom is -0.394 e. The Morgan fingerprint density at radius 3 is 2.73 bits per heavy atom. The number of nitriles is 1. The van der Waals surface area contributed by atoms with E-state index in [1.807, 2.05) is 6.07 Å². The number of hydrogen-bond acceptors (Lipinski definition) is 4. The summed E-state index contributed by atoms with van der Waals surface area (Å²) in [6.07, 6.45) is 0. The van der Waals surface area contributed by atoms with Crippen LogP contribution in [0.3, 0.4) is 0 Å². The second-order valence-electron chi connectivity index (χ2n) is 1.94. The zero-order chi connectivity index (χ0) is 8.43. The van der Waals surface area contributed by atoms with Crippen LogP contribution in [0.1, 0.15) is 11.5 Å². The lowest BCUT2D eigenvalue weighted by Crippen LogP contribution is -1.99. The van der Waals surface area contributed by atoms with Gasteiger partial charge in [-0.2, -0.15) is 5.26 Å². The predicted molar refractivity (Wildman–Crippen MR) is 40.9 cm³/mol. The molecule has 1 rings (SSSR count). The highest BCUT2D eigenvalue weighted by atomic mass is 35.5. The number of nitrogens with zero attached hydrogens (tertiary/aromatic N) is 3. The molecule has 1 aromatic heterocycles. The molecule has 0 saturated heterocycles. The Balaban J connectivity index is 3.39. The smallest absolute Gasteiger partial charge is 0.168 e. The molecule has 0 fully saturated rings. The van der Waals surface area contributed by atoms with E-state index in [1.54, 1.807) is 6.92 Å². The summed E-state index contributed by atoms with van der Waals surface area (Å²) in [6, 6.07) is 1.82. The summed E-state index contributed by atoms with van der Waals surface area (Å²) >= 11 is 5.57. The predicted octanol–water partition coefficient (Wildman–Crippen LogP) is 0.892. The normalized spacial score (nSPS) is 9.18. The van der Waals surface area contributed by atoms with Gasteiger partial charge in [0.2, 0.25) is 0 Å². The molecule has 0 radical (unpaired) electrons. The molecule has 0 amide bonds. The minimum absolute atomic E-state index is 0.127.